The molecule has 1 fully saturated rings. The number of nitrogens with zero attached hydrogens (tertiary/aromatic N) is 1. The van der Waals surface area contributed by atoms with Crippen molar-refractivity contribution in [2.24, 2.45) is 0 Å². The van der Waals surface area contributed by atoms with Crippen molar-refractivity contribution < 1.29 is 9.15 Å². The van der Waals surface area contributed by atoms with E-state index in [4.69, 9.17) is 9.15 Å². The zero-order valence-corrected chi connectivity index (χ0v) is 12.7. The van der Waals surface area contributed by atoms with Gasteiger partial charge in [-0.3, -0.25) is 4.90 Å². The predicted molar refractivity (Wildman–Crippen MR) is 86.3 cm³/mol. The minimum atomic E-state index is -0.0299. The highest BCUT2D eigenvalue weighted by Gasteiger charge is 2.41. The van der Waals surface area contributed by atoms with Crippen LogP contribution in [0.5, 0.6) is 0 Å². The quantitative estimate of drug-likeness (QED) is 0.861. The van der Waals surface area contributed by atoms with Gasteiger partial charge in [0.1, 0.15) is 5.76 Å². The normalized spacial score (nSPS) is 20.7. The molecule has 1 aromatic carbocycles. The van der Waals surface area contributed by atoms with Gasteiger partial charge in [-0.1, -0.05) is 30.3 Å². The Hall–Kier alpha value is -1.84. The van der Waals surface area contributed by atoms with E-state index in [-0.39, 0.29) is 5.60 Å². The van der Waals surface area contributed by atoms with Gasteiger partial charge in [-0.2, -0.15) is 0 Å². The lowest BCUT2D eigenvalue weighted by molar-refractivity contribution is -0.0773. The summed E-state index contributed by atoms with van der Waals surface area (Å²) in [7, 11) is 0. The smallest absolute Gasteiger partial charge is 0.126 e. The fourth-order valence-corrected chi connectivity index (χ4v) is 3.60. The molecule has 2 aliphatic heterocycles. The van der Waals surface area contributed by atoms with Crippen molar-refractivity contribution in [2.75, 3.05) is 19.6 Å². The summed E-state index contributed by atoms with van der Waals surface area (Å²) >= 11 is 0. The molecule has 3 heteroatoms. The number of piperidine rings is 1. The van der Waals surface area contributed by atoms with Crippen molar-refractivity contribution >= 4 is 6.08 Å². The molecule has 0 saturated carbocycles. The molecule has 0 amide bonds. The Balaban J connectivity index is 1.37. The van der Waals surface area contributed by atoms with Crippen LogP contribution >= 0.6 is 0 Å². The summed E-state index contributed by atoms with van der Waals surface area (Å²) in [5, 5.41) is 0. The molecule has 4 rings (SSSR count). The number of hydrogen-bond acceptors (Lipinski definition) is 3. The maximum absolute atomic E-state index is 6.20. The Morgan fingerprint density at radius 2 is 1.95 bits per heavy atom. The fraction of sp³-hybridized carbons (Fsp3) is 0.368. The monoisotopic (exact) mass is 295 g/mol. The van der Waals surface area contributed by atoms with Crippen LogP contribution in [0.2, 0.25) is 0 Å². The van der Waals surface area contributed by atoms with E-state index in [1.807, 2.05) is 18.2 Å². The van der Waals surface area contributed by atoms with Crippen LogP contribution in [0.25, 0.3) is 6.08 Å². The van der Waals surface area contributed by atoms with Crippen LogP contribution in [0, 0.1) is 0 Å². The van der Waals surface area contributed by atoms with Gasteiger partial charge in [-0.15, -0.1) is 0 Å². The first-order valence-corrected chi connectivity index (χ1v) is 8.00. The number of fused-ring (bicyclic) bond motifs is 2. The lowest BCUT2D eigenvalue weighted by Gasteiger charge is -2.39. The summed E-state index contributed by atoms with van der Waals surface area (Å²) in [5.41, 5.74) is 2.76. The van der Waals surface area contributed by atoms with E-state index >= 15 is 0 Å². The first kappa shape index (κ1) is 13.8. The summed E-state index contributed by atoms with van der Waals surface area (Å²) in [4.78, 5) is 2.48. The highest BCUT2D eigenvalue weighted by Crippen LogP contribution is 2.43. The van der Waals surface area contributed by atoms with Gasteiger partial charge in [-0.05, 0) is 42.2 Å². The molecule has 2 aliphatic rings. The lowest BCUT2D eigenvalue weighted by atomic mass is 9.84. The Morgan fingerprint density at radius 1 is 1.09 bits per heavy atom. The largest absolute Gasteiger partial charge is 0.465 e. The third-order valence-electron chi connectivity index (χ3n) is 4.86. The van der Waals surface area contributed by atoms with Crippen LogP contribution < -0.4 is 0 Å². The summed E-state index contributed by atoms with van der Waals surface area (Å²) < 4.78 is 11.5. The van der Waals surface area contributed by atoms with Crippen molar-refractivity contribution in [3.05, 3.63) is 65.6 Å². The Morgan fingerprint density at radius 3 is 2.77 bits per heavy atom. The van der Waals surface area contributed by atoms with Crippen LogP contribution in [0.1, 0.15) is 29.7 Å². The van der Waals surface area contributed by atoms with E-state index in [9.17, 15) is 0 Å². The molecule has 3 nitrogen and oxygen atoms in total. The van der Waals surface area contributed by atoms with E-state index < -0.39 is 0 Å². The second-order valence-corrected chi connectivity index (χ2v) is 6.16. The molecular formula is C19H21NO2. The summed E-state index contributed by atoms with van der Waals surface area (Å²) in [6.07, 6.45) is 8.10. The van der Waals surface area contributed by atoms with E-state index in [0.29, 0.717) is 0 Å². The van der Waals surface area contributed by atoms with E-state index in [1.165, 1.54) is 11.1 Å². The molecule has 0 N–H and O–H groups in total. The highest BCUT2D eigenvalue weighted by molar-refractivity contribution is 5.42. The van der Waals surface area contributed by atoms with Crippen molar-refractivity contribution in [1.82, 2.24) is 4.90 Å². The molecular weight excluding hydrogens is 274 g/mol. The minimum Gasteiger partial charge on any atom is -0.465 e. The standard InChI is InChI=1S/C19H21NO2/c1-2-8-18-16(5-1)15-22-19(18)9-12-20(13-10-19)11-3-6-17-7-4-14-21-17/h1-8,14H,9-13,15H2. The first-order chi connectivity index (χ1) is 10.9. The number of furan rings is 1. The van der Waals surface area contributed by atoms with Crippen LogP contribution in [0.15, 0.2) is 53.2 Å². The molecule has 2 aromatic rings. The minimum absolute atomic E-state index is 0.0299. The van der Waals surface area contributed by atoms with Crippen molar-refractivity contribution in [2.45, 2.75) is 25.0 Å². The number of benzene rings is 1. The van der Waals surface area contributed by atoms with E-state index in [2.05, 4.69) is 35.2 Å². The number of ether oxygens (including phenoxy) is 1. The predicted octanol–water partition coefficient (Wildman–Crippen LogP) is 3.81. The molecule has 0 aliphatic carbocycles. The van der Waals surface area contributed by atoms with Gasteiger partial charge in [0.2, 0.25) is 0 Å². The molecule has 1 aromatic heterocycles. The second kappa shape index (κ2) is 5.75. The highest BCUT2D eigenvalue weighted by atomic mass is 16.5. The maximum atomic E-state index is 6.20. The maximum Gasteiger partial charge on any atom is 0.126 e. The van der Waals surface area contributed by atoms with Gasteiger partial charge in [0.15, 0.2) is 0 Å². The summed E-state index contributed by atoms with van der Waals surface area (Å²) in [5.74, 6) is 0.918. The van der Waals surface area contributed by atoms with Gasteiger partial charge in [0.25, 0.3) is 0 Å². The Labute approximate surface area is 131 Å². The number of hydrogen-bond donors (Lipinski definition) is 0. The molecule has 3 heterocycles. The van der Waals surface area contributed by atoms with Gasteiger partial charge in [-0.25, -0.2) is 0 Å². The van der Waals surface area contributed by atoms with Crippen LogP contribution in [-0.4, -0.2) is 24.5 Å². The van der Waals surface area contributed by atoms with Crippen LogP contribution in [0.3, 0.4) is 0 Å². The summed E-state index contributed by atoms with van der Waals surface area (Å²) in [6.45, 7) is 3.90. The average molecular weight is 295 g/mol. The zero-order chi connectivity index (χ0) is 14.8. The van der Waals surface area contributed by atoms with Gasteiger partial charge in [0, 0.05) is 19.6 Å². The topological polar surface area (TPSA) is 25.6 Å². The van der Waals surface area contributed by atoms with Crippen molar-refractivity contribution in [3.8, 4) is 0 Å². The van der Waals surface area contributed by atoms with E-state index in [1.54, 1.807) is 6.26 Å². The van der Waals surface area contributed by atoms with Gasteiger partial charge >= 0.3 is 0 Å². The SMILES string of the molecule is C(=Cc1ccco1)CN1CCC2(CC1)OCc1ccccc12. The molecule has 114 valence electrons. The van der Waals surface area contributed by atoms with Crippen molar-refractivity contribution in [3.63, 3.8) is 0 Å². The molecule has 0 bridgehead atoms. The second-order valence-electron chi connectivity index (χ2n) is 6.16. The Bertz CT molecular complexity index is 652. The Kier molecular flexibility index (Phi) is 3.60. The summed E-state index contributed by atoms with van der Waals surface area (Å²) in [6, 6.07) is 12.6. The van der Waals surface area contributed by atoms with Crippen LogP contribution in [0.4, 0.5) is 0 Å². The number of rotatable bonds is 3. The fourth-order valence-electron chi connectivity index (χ4n) is 3.60. The lowest BCUT2D eigenvalue weighted by Crippen LogP contribution is -2.42. The molecule has 1 saturated heterocycles. The van der Waals surface area contributed by atoms with E-state index in [0.717, 1.165) is 44.8 Å². The van der Waals surface area contributed by atoms with Gasteiger partial charge < -0.3 is 9.15 Å². The third-order valence-corrected chi connectivity index (χ3v) is 4.86. The zero-order valence-electron chi connectivity index (χ0n) is 12.7. The molecule has 22 heavy (non-hydrogen) atoms. The van der Waals surface area contributed by atoms with Crippen molar-refractivity contribution in [1.29, 1.82) is 0 Å². The van der Waals surface area contributed by atoms with Gasteiger partial charge in [0.05, 0.1) is 18.5 Å². The molecule has 0 atom stereocenters. The van der Waals surface area contributed by atoms with Crippen LogP contribution in [-0.2, 0) is 16.9 Å². The first-order valence-electron chi connectivity index (χ1n) is 8.00. The average Bonchev–Trinajstić information content (AvgIpc) is 3.19. The molecule has 0 radical (unpaired) electrons. The number of likely N-dealkylation sites (tertiary alicyclic amines) is 1. The molecule has 0 unspecified atom stereocenters. The third kappa shape index (κ3) is 2.51. The molecule has 1 spiro atoms.